The zero-order valence-electron chi connectivity index (χ0n) is 13.5. The van der Waals surface area contributed by atoms with E-state index in [2.05, 4.69) is 5.16 Å². The van der Waals surface area contributed by atoms with Crippen LogP contribution < -0.4 is 10.6 Å². The normalized spacial score (nSPS) is 21.4. The fraction of sp³-hybridized carbons (Fsp3) is 0.211. The smallest absolute Gasteiger partial charge is 0.276 e. The summed E-state index contributed by atoms with van der Waals surface area (Å²) in [5, 5.41) is 3.98. The van der Waals surface area contributed by atoms with Gasteiger partial charge in [0, 0.05) is 18.5 Å². The Morgan fingerprint density at radius 3 is 2.52 bits per heavy atom. The van der Waals surface area contributed by atoms with Crippen molar-refractivity contribution < 1.29 is 14.4 Å². The monoisotopic (exact) mass is 335 g/mol. The van der Waals surface area contributed by atoms with Gasteiger partial charge in [-0.1, -0.05) is 53.7 Å². The first-order chi connectivity index (χ1) is 12.1. The highest BCUT2D eigenvalue weighted by Gasteiger charge is 2.40. The summed E-state index contributed by atoms with van der Waals surface area (Å²) in [6.45, 7) is 0. The van der Waals surface area contributed by atoms with Gasteiger partial charge in [0.25, 0.3) is 5.91 Å². The summed E-state index contributed by atoms with van der Waals surface area (Å²) in [6.07, 6.45) is 0.505. The Bertz CT molecular complexity index is 863. The number of para-hydroxylation sites is 1. The van der Waals surface area contributed by atoms with Crippen LogP contribution in [0.1, 0.15) is 23.7 Å². The summed E-state index contributed by atoms with van der Waals surface area (Å²) in [4.78, 5) is 31.7. The summed E-state index contributed by atoms with van der Waals surface area (Å²) in [7, 11) is 0. The Kier molecular flexibility index (Phi) is 3.72. The van der Waals surface area contributed by atoms with Crippen LogP contribution in [-0.4, -0.2) is 23.6 Å². The molecule has 2 heterocycles. The number of hydrogen-bond acceptors (Lipinski definition) is 4. The van der Waals surface area contributed by atoms with E-state index in [1.54, 1.807) is 0 Å². The summed E-state index contributed by atoms with van der Waals surface area (Å²) in [5.41, 5.74) is 8.42. The van der Waals surface area contributed by atoms with Crippen LogP contribution in [0.25, 0.3) is 0 Å². The van der Waals surface area contributed by atoms with Gasteiger partial charge in [-0.2, -0.15) is 0 Å². The van der Waals surface area contributed by atoms with Crippen LogP contribution in [0.3, 0.4) is 0 Å². The predicted octanol–water partition coefficient (Wildman–Crippen LogP) is 1.95. The lowest BCUT2D eigenvalue weighted by atomic mass is 10.0. The third kappa shape index (κ3) is 2.65. The van der Waals surface area contributed by atoms with Crippen molar-refractivity contribution in [2.24, 2.45) is 10.9 Å². The Balaban J connectivity index is 1.59. The summed E-state index contributed by atoms with van der Waals surface area (Å²) in [6, 6.07) is 16.4. The Hall–Kier alpha value is -3.15. The van der Waals surface area contributed by atoms with E-state index in [0.29, 0.717) is 24.2 Å². The average Bonchev–Trinajstić information content (AvgIpc) is 3.27. The van der Waals surface area contributed by atoms with Gasteiger partial charge in [-0.25, -0.2) is 0 Å². The molecule has 0 aliphatic carbocycles. The van der Waals surface area contributed by atoms with E-state index in [-0.39, 0.29) is 12.0 Å². The molecule has 6 nitrogen and oxygen atoms in total. The van der Waals surface area contributed by atoms with Gasteiger partial charge in [-0.05, 0) is 17.2 Å². The van der Waals surface area contributed by atoms with Crippen LogP contribution in [0.15, 0.2) is 59.8 Å². The van der Waals surface area contributed by atoms with Crippen LogP contribution in [0, 0.1) is 0 Å². The zero-order chi connectivity index (χ0) is 17.4. The number of carbonyl (C=O) groups is 2. The van der Waals surface area contributed by atoms with E-state index in [0.717, 1.165) is 11.1 Å². The molecule has 0 spiro atoms. The standard InChI is InChI=1S/C19H17N3O3/c20-18(23)16-10-13-8-4-5-9-15(13)22(16)19(24)14-11-17(25-21-14)12-6-2-1-3-7-12/h1-9,16-17H,10-11H2,(H2,20,23)/t16-,17-/m0/s1. The molecule has 2 atom stereocenters. The lowest BCUT2D eigenvalue weighted by Crippen LogP contribution is -2.48. The van der Waals surface area contributed by atoms with Crippen molar-refractivity contribution in [2.45, 2.75) is 25.0 Å². The predicted molar refractivity (Wildman–Crippen MR) is 92.9 cm³/mol. The summed E-state index contributed by atoms with van der Waals surface area (Å²) < 4.78 is 0. The highest BCUT2D eigenvalue weighted by atomic mass is 16.6. The quantitative estimate of drug-likeness (QED) is 0.930. The lowest BCUT2D eigenvalue weighted by molar-refractivity contribution is -0.121. The van der Waals surface area contributed by atoms with Crippen LogP contribution >= 0.6 is 0 Å². The Morgan fingerprint density at radius 1 is 1.04 bits per heavy atom. The fourth-order valence-corrected chi connectivity index (χ4v) is 3.35. The van der Waals surface area contributed by atoms with Gasteiger partial charge in [0.05, 0.1) is 0 Å². The highest BCUT2D eigenvalue weighted by molar-refractivity contribution is 6.44. The minimum absolute atomic E-state index is 0.287. The van der Waals surface area contributed by atoms with E-state index in [1.807, 2.05) is 54.6 Å². The molecule has 25 heavy (non-hydrogen) atoms. The number of fused-ring (bicyclic) bond motifs is 1. The van der Waals surface area contributed by atoms with Crippen LogP contribution in [0.2, 0.25) is 0 Å². The molecule has 2 N–H and O–H groups in total. The zero-order valence-corrected chi connectivity index (χ0v) is 13.5. The molecule has 0 bridgehead atoms. The molecule has 0 aromatic heterocycles. The SMILES string of the molecule is NC(=O)[C@@H]1Cc2ccccc2N1C(=O)C1=NO[C@H](c2ccccc2)C1. The topological polar surface area (TPSA) is 85.0 Å². The van der Waals surface area contributed by atoms with Crippen molar-refractivity contribution in [1.82, 2.24) is 0 Å². The number of primary amides is 1. The van der Waals surface area contributed by atoms with E-state index < -0.39 is 11.9 Å². The van der Waals surface area contributed by atoms with Crippen molar-refractivity contribution in [2.75, 3.05) is 4.90 Å². The minimum atomic E-state index is -0.691. The van der Waals surface area contributed by atoms with Crippen molar-refractivity contribution in [3.05, 3.63) is 65.7 Å². The summed E-state index contributed by atoms with van der Waals surface area (Å²) >= 11 is 0. The number of carbonyl (C=O) groups excluding carboxylic acids is 2. The molecule has 0 fully saturated rings. The number of benzene rings is 2. The average molecular weight is 335 g/mol. The number of anilines is 1. The molecule has 2 aromatic carbocycles. The van der Waals surface area contributed by atoms with Crippen LogP contribution in [-0.2, 0) is 20.8 Å². The molecule has 0 unspecified atom stereocenters. The van der Waals surface area contributed by atoms with Crippen molar-refractivity contribution in [3.63, 3.8) is 0 Å². The van der Waals surface area contributed by atoms with Crippen molar-refractivity contribution >= 4 is 23.2 Å². The second-order valence-electron chi connectivity index (χ2n) is 6.17. The van der Waals surface area contributed by atoms with Gasteiger partial charge in [0.1, 0.15) is 11.8 Å². The van der Waals surface area contributed by atoms with Gasteiger partial charge in [-0.15, -0.1) is 0 Å². The highest BCUT2D eigenvalue weighted by Crippen LogP contribution is 2.34. The first-order valence-corrected chi connectivity index (χ1v) is 8.13. The maximum absolute atomic E-state index is 13.0. The first-order valence-electron chi connectivity index (χ1n) is 8.13. The largest absolute Gasteiger partial charge is 0.387 e. The van der Waals surface area contributed by atoms with Gasteiger partial charge in [-0.3, -0.25) is 14.5 Å². The molecule has 0 saturated carbocycles. The molecule has 0 saturated heterocycles. The summed E-state index contributed by atoms with van der Waals surface area (Å²) in [5.74, 6) is -0.851. The number of amides is 2. The number of nitrogens with zero attached hydrogens (tertiary/aromatic N) is 2. The molecule has 126 valence electrons. The van der Waals surface area contributed by atoms with E-state index in [9.17, 15) is 9.59 Å². The number of rotatable bonds is 3. The second kappa shape index (κ2) is 6.05. The van der Waals surface area contributed by atoms with Gasteiger partial charge >= 0.3 is 0 Å². The molecular formula is C19H17N3O3. The van der Waals surface area contributed by atoms with E-state index >= 15 is 0 Å². The maximum Gasteiger partial charge on any atom is 0.276 e. The molecule has 2 aromatic rings. The van der Waals surface area contributed by atoms with Gasteiger partial charge in [0.2, 0.25) is 5.91 Å². The van der Waals surface area contributed by atoms with E-state index in [4.69, 9.17) is 10.6 Å². The number of hydrogen-bond donors (Lipinski definition) is 1. The first kappa shape index (κ1) is 15.4. The van der Waals surface area contributed by atoms with Gasteiger partial charge in [0.15, 0.2) is 6.10 Å². The van der Waals surface area contributed by atoms with Crippen molar-refractivity contribution in [1.29, 1.82) is 0 Å². The molecule has 2 amide bonds. The molecular weight excluding hydrogens is 318 g/mol. The molecule has 2 aliphatic heterocycles. The third-order valence-electron chi connectivity index (χ3n) is 4.61. The van der Waals surface area contributed by atoms with Crippen molar-refractivity contribution in [3.8, 4) is 0 Å². The van der Waals surface area contributed by atoms with Crippen LogP contribution in [0.4, 0.5) is 5.69 Å². The lowest BCUT2D eigenvalue weighted by Gasteiger charge is -2.22. The minimum Gasteiger partial charge on any atom is -0.387 e. The van der Waals surface area contributed by atoms with Crippen LogP contribution in [0.5, 0.6) is 0 Å². The fourth-order valence-electron chi connectivity index (χ4n) is 3.35. The van der Waals surface area contributed by atoms with Gasteiger partial charge < -0.3 is 10.6 Å². The maximum atomic E-state index is 13.0. The Labute approximate surface area is 144 Å². The Morgan fingerprint density at radius 2 is 1.76 bits per heavy atom. The molecule has 2 aliphatic rings. The molecule has 0 radical (unpaired) electrons. The third-order valence-corrected chi connectivity index (χ3v) is 4.61. The molecule has 4 rings (SSSR count). The second-order valence-corrected chi connectivity index (χ2v) is 6.17. The number of nitrogens with two attached hydrogens (primary N) is 1. The molecule has 6 heteroatoms. The number of oxime groups is 1. The van der Waals surface area contributed by atoms with E-state index in [1.165, 1.54) is 4.90 Å².